The molecule has 0 atom stereocenters. The lowest BCUT2D eigenvalue weighted by atomic mass is 10.1. The fraction of sp³-hybridized carbons (Fsp3) is 0.462. The van der Waals surface area contributed by atoms with Crippen molar-refractivity contribution in [2.75, 3.05) is 12.8 Å². The van der Waals surface area contributed by atoms with Crippen molar-refractivity contribution in [3.63, 3.8) is 0 Å². The number of nitrogens with one attached hydrogen (secondary N) is 1. The van der Waals surface area contributed by atoms with Gasteiger partial charge in [-0.25, -0.2) is 13.2 Å². The van der Waals surface area contributed by atoms with Crippen molar-refractivity contribution in [1.29, 1.82) is 0 Å². The van der Waals surface area contributed by atoms with E-state index < -0.39 is 20.6 Å². The average Bonchev–Trinajstić information content (AvgIpc) is 2.28. The Bertz CT molecular complexity index is 547. The van der Waals surface area contributed by atoms with Crippen molar-refractivity contribution in [2.24, 2.45) is 0 Å². The highest BCUT2D eigenvalue weighted by Gasteiger charge is 2.29. The maximum absolute atomic E-state index is 11.5. The van der Waals surface area contributed by atoms with Gasteiger partial charge in [-0.1, -0.05) is 12.1 Å². The average molecular weight is 285 g/mol. The third-order valence-electron chi connectivity index (χ3n) is 3.08. The van der Waals surface area contributed by atoms with Gasteiger partial charge in [0.05, 0.1) is 10.3 Å². The summed E-state index contributed by atoms with van der Waals surface area (Å²) in [6, 6.07) is 6.48. The summed E-state index contributed by atoms with van der Waals surface area (Å²) in [5, 5.41) is 11.8. The monoisotopic (exact) mass is 285 g/mol. The quantitative estimate of drug-likeness (QED) is 0.823. The van der Waals surface area contributed by atoms with Crippen LogP contribution in [0.1, 0.15) is 29.8 Å². The minimum absolute atomic E-state index is 0.236. The highest BCUT2D eigenvalue weighted by Crippen LogP contribution is 2.13. The molecule has 19 heavy (non-hydrogen) atoms. The summed E-state index contributed by atoms with van der Waals surface area (Å²) in [4.78, 5) is 10.7. The third-order valence-corrected chi connectivity index (χ3v) is 5.24. The normalized spacial score (nSPS) is 12.4. The molecule has 0 spiro atoms. The first-order valence-corrected chi connectivity index (χ1v) is 7.75. The summed E-state index contributed by atoms with van der Waals surface area (Å²) in [7, 11) is -3.11. The summed E-state index contributed by atoms with van der Waals surface area (Å²) in [5.41, 5.74) is 1.15. The van der Waals surface area contributed by atoms with Crippen molar-refractivity contribution in [1.82, 2.24) is 5.32 Å². The lowest BCUT2D eigenvalue weighted by Gasteiger charge is -2.22. The second kappa shape index (κ2) is 5.71. The van der Waals surface area contributed by atoms with Gasteiger partial charge in [0.15, 0.2) is 9.84 Å². The third kappa shape index (κ3) is 4.33. The molecule has 0 aliphatic heterocycles. The maximum atomic E-state index is 11.5. The van der Waals surface area contributed by atoms with Gasteiger partial charge in [0, 0.05) is 19.3 Å². The van der Waals surface area contributed by atoms with E-state index in [1.807, 2.05) is 0 Å². The summed E-state index contributed by atoms with van der Waals surface area (Å²) < 4.78 is 22.2. The fourth-order valence-electron chi connectivity index (χ4n) is 1.40. The lowest BCUT2D eigenvalue weighted by molar-refractivity contribution is 0.0697. The largest absolute Gasteiger partial charge is 0.478 e. The number of hydrogen-bond acceptors (Lipinski definition) is 4. The zero-order chi connectivity index (χ0) is 14.7. The summed E-state index contributed by atoms with van der Waals surface area (Å²) in [6.45, 7) is 4.18. The van der Waals surface area contributed by atoms with Crippen molar-refractivity contribution >= 4 is 15.8 Å². The number of carbonyl (C=O) groups is 1. The molecule has 1 aromatic carbocycles. The van der Waals surface area contributed by atoms with Crippen LogP contribution in [-0.2, 0) is 16.4 Å². The lowest BCUT2D eigenvalue weighted by Crippen LogP contribution is -2.41. The molecule has 1 rings (SSSR count). The molecule has 0 heterocycles. The molecule has 6 heteroatoms. The van der Waals surface area contributed by atoms with E-state index in [2.05, 4.69) is 5.32 Å². The molecule has 0 aliphatic rings. The molecule has 2 N–H and O–H groups in total. The first-order chi connectivity index (χ1) is 8.63. The van der Waals surface area contributed by atoms with Gasteiger partial charge in [-0.2, -0.15) is 0 Å². The molecule has 0 bridgehead atoms. The standard InChI is InChI=1S/C13H19NO4S/c1-13(2,19(3,17)18)9-14-8-10-4-6-11(7-5-10)12(15)16/h4-7,14H,8-9H2,1-3H3,(H,15,16). The topological polar surface area (TPSA) is 83.5 Å². The fourth-order valence-corrected chi connectivity index (χ4v) is 1.77. The van der Waals surface area contributed by atoms with E-state index in [9.17, 15) is 13.2 Å². The first kappa shape index (κ1) is 15.7. The molecule has 0 saturated carbocycles. The van der Waals surface area contributed by atoms with Crippen LogP contribution in [0, 0.1) is 0 Å². The zero-order valence-corrected chi connectivity index (χ0v) is 12.1. The maximum Gasteiger partial charge on any atom is 0.335 e. The number of aromatic carboxylic acids is 1. The van der Waals surface area contributed by atoms with Gasteiger partial charge in [-0.15, -0.1) is 0 Å². The summed E-state index contributed by atoms with van der Waals surface area (Å²) in [6.07, 6.45) is 1.22. The highest BCUT2D eigenvalue weighted by atomic mass is 32.2. The van der Waals surface area contributed by atoms with Crippen LogP contribution in [0.5, 0.6) is 0 Å². The van der Waals surface area contributed by atoms with Gasteiger partial charge in [-0.05, 0) is 31.5 Å². The van der Waals surface area contributed by atoms with Crippen LogP contribution in [0.25, 0.3) is 0 Å². The molecule has 5 nitrogen and oxygen atoms in total. The molecule has 0 radical (unpaired) electrons. The number of rotatable bonds is 6. The SMILES string of the molecule is CC(C)(CNCc1ccc(C(=O)O)cc1)S(C)(=O)=O. The molecule has 1 aromatic rings. The van der Waals surface area contributed by atoms with Crippen LogP contribution in [-0.4, -0.2) is 37.0 Å². The van der Waals surface area contributed by atoms with E-state index in [1.54, 1.807) is 26.0 Å². The Kier molecular flexibility index (Phi) is 4.70. The van der Waals surface area contributed by atoms with E-state index in [4.69, 9.17) is 5.11 Å². The van der Waals surface area contributed by atoms with Crippen LogP contribution in [0.2, 0.25) is 0 Å². The Hall–Kier alpha value is -1.40. The number of carboxylic acid groups (broad SMARTS) is 1. The zero-order valence-electron chi connectivity index (χ0n) is 11.3. The van der Waals surface area contributed by atoms with Crippen molar-refractivity contribution in [3.8, 4) is 0 Å². The molecule has 0 aromatic heterocycles. The number of hydrogen-bond donors (Lipinski definition) is 2. The van der Waals surface area contributed by atoms with Crippen LogP contribution in [0.4, 0.5) is 0 Å². The smallest absolute Gasteiger partial charge is 0.335 e. The van der Waals surface area contributed by atoms with Gasteiger partial charge in [0.25, 0.3) is 0 Å². The van der Waals surface area contributed by atoms with E-state index in [0.717, 1.165) is 5.56 Å². The Labute approximate surface area is 113 Å². The predicted molar refractivity (Wildman–Crippen MR) is 74.0 cm³/mol. The van der Waals surface area contributed by atoms with Gasteiger partial charge >= 0.3 is 5.97 Å². The van der Waals surface area contributed by atoms with E-state index in [1.165, 1.54) is 18.4 Å². The van der Waals surface area contributed by atoms with Gasteiger partial charge in [0.1, 0.15) is 0 Å². The van der Waals surface area contributed by atoms with Gasteiger partial charge in [-0.3, -0.25) is 0 Å². The molecule has 0 saturated heterocycles. The van der Waals surface area contributed by atoms with Crippen molar-refractivity contribution in [3.05, 3.63) is 35.4 Å². The summed E-state index contributed by atoms with van der Waals surface area (Å²) in [5.74, 6) is -0.960. The second-order valence-corrected chi connectivity index (χ2v) is 7.79. The Balaban J connectivity index is 2.57. The van der Waals surface area contributed by atoms with Crippen LogP contribution in [0.3, 0.4) is 0 Å². The molecular weight excluding hydrogens is 266 g/mol. The van der Waals surface area contributed by atoms with Crippen LogP contribution in [0.15, 0.2) is 24.3 Å². The second-order valence-electron chi connectivity index (χ2n) is 5.14. The molecule has 0 fully saturated rings. The Morgan fingerprint density at radius 2 is 1.79 bits per heavy atom. The molecular formula is C13H19NO4S. The minimum atomic E-state index is -3.11. The van der Waals surface area contributed by atoms with Crippen molar-refractivity contribution < 1.29 is 18.3 Å². The molecule has 106 valence electrons. The van der Waals surface area contributed by atoms with Gasteiger partial charge < -0.3 is 10.4 Å². The van der Waals surface area contributed by atoms with Crippen LogP contribution >= 0.6 is 0 Å². The number of carboxylic acids is 1. The summed E-state index contributed by atoms with van der Waals surface area (Å²) >= 11 is 0. The molecule has 0 unspecified atom stereocenters. The van der Waals surface area contributed by atoms with E-state index in [-0.39, 0.29) is 5.56 Å². The van der Waals surface area contributed by atoms with Gasteiger partial charge in [0.2, 0.25) is 0 Å². The predicted octanol–water partition coefficient (Wildman–Crippen LogP) is 1.30. The highest BCUT2D eigenvalue weighted by molar-refractivity contribution is 7.92. The van der Waals surface area contributed by atoms with Crippen molar-refractivity contribution in [2.45, 2.75) is 25.1 Å². The Morgan fingerprint density at radius 3 is 2.21 bits per heavy atom. The Morgan fingerprint density at radius 1 is 1.26 bits per heavy atom. The first-order valence-electron chi connectivity index (χ1n) is 5.86. The number of benzene rings is 1. The van der Waals surface area contributed by atoms with E-state index in [0.29, 0.717) is 13.1 Å². The minimum Gasteiger partial charge on any atom is -0.478 e. The molecule has 0 aliphatic carbocycles. The molecule has 0 amide bonds. The number of sulfone groups is 1. The van der Waals surface area contributed by atoms with Crippen LogP contribution < -0.4 is 5.32 Å². The van der Waals surface area contributed by atoms with E-state index >= 15 is 0 Å².